The summed E-state index contributed by atoms with van der Waals surface area (Å²) in [6, 6.07) is 20.2. The molecule has 0 saturated heterocycles. The molecule has 0 aliphatic heterocycles. The second-order valence-corrected chi connectivity index (χ2v) is 8.62. The zero-order valence-corrected chi connectivity index (χ0v) is 19.2. The van der Waals surface area contributed by atoms with Crippen LogP contribution in [0.1, 0.15) is 15.9 Å². The molecule has 10 heteroatoms. The highest BCUT2D eigenvalue weighted by Crippen LogP contribution is 2.25. The van der Waals surface area contributed by atoms with Crippen LogP contribution in [0.25, 0.3) is 22.4 Å². The monoisotopic (exact) mass is 492 g/mol. The van der Waals surface area contributed by atoms with Gasteiger partial charge in [-0.1, -0.05) is 42.1 Å². The van der Waals surface area contributed by atoms with Gasteiger partial charge in [0.05, 0.1) is 22.3 Å². The molecule has 0 bridgehead atoms. The summed E-state index contributed by atoms with van der Waals surface area (Å²) in [6.45, 7) is -1.02. The van der Waals surface area contributed by atoms with Crippen molar-refractivity contribution in [3.8, 4) is 11.4 Å². The SMILES string of the molecule is Cc1ccccc1-n1c(=O)c2ccccc2n2c(SCC(=O)c3ccc(OC(F)F)cc3)nnc12. The Morgan fingerprint density at radius 2 is 1.71 bits per heavy atom. The average molecular weight is 493 g/mol. The van der Waals surface area contributed by atoms with Gasteiger partial charge >= 0.3 is 6.61 Å². The summed E-state index contributed by atoms with van der Waals surface area (Å²) in [5.41, 5.74) is 2.37. The van der Waals surface area contributed by atoms with Crippen molar-refractivity contribution in [3.63, 3.8) is 0 Å². The summed E-state index contributed by atoms with van der Waals surface area (Å²) in [5.74, 6) is 0.139. The van der Waals surface area contributed by atoms with E-state index in [4.69, 9.17) is 0 Å². The molecule has 2 aromatic heterocycles. The van der Waals surface area contributed by atoms with E-state index in [0.29, 0.717) is 33.1 Å². The van der Waals surface area contributed by atoms with Crippen molar-refractivity contribution < 1.29 is 18.3 Å². The second kappa shape index (κ2) is 9.30. The molecule has 0 aliphatic carbocycles. The Labute approximate surface area is 202 Å². The molecule has 176 valence electrons. The Morgan fingerprint density at radius 3 is 2.46 bits per heavy atom. The lowest BCUT2D eigenvalue weighted by molar-refractivity contribution is -0.0498. The number of aromatic nitrogens is 4. The number of thioether (sulfide) groups is 1. The van der Waals surface area contributed by atoms with Crippen molar-refractivity contribution in [1.82, 2.24) is 19.2 Å². The summed E-state index contributed by atoms with van der Waals surface area (Å²) in [4.78, 5) is 26.2. The molecule has 0 fully saturated rings. The molecule has 0 spiro atoms. The number of hydrogen-bond acceptors (Lipinski definition) is 6. The molecular formula is C25H18F2N4O3S. The molecule has 0 N–H and O–H groups in total. The van der Waals surface area contributed by atoms with Gasteiger partial charge in [-0.2, -0.15) is 8.78 Å². The largest absolute Gasteiger partial charge is 0.435 e. The number of carbonyl (C=O) groups excluding carboxylic acids is 1. The first-order valence-electron chi connectivity index (χ1n) is 10.6. The number of hydrogen-bond donors (Lipinski definition) is 0. The van der Waals surface area contributed by atoms with Crippen LogP contribution in [0, 0.1) is 6.92 Å². The molecule has 3 aromatic carbocycles. The molecule has 7 nitrogen and oxygen atoms in total. The van der Waals surface area contributed by atoms with Gasteiger partial charge in [-0.25, -0.2) is 4.57 Å². The topological polar surface area (TPSA) is 78.5 Å². The number of rotatable bonds is 7. The summed E-state index contributed by atoms with van der Waals surface area (Å²) >= 11 is 1.18. The van der Waals surface area contributed by atoms with Gasteiger partial charge in [-0.3, -0.25) is 14.0 Å². The minimum Gasteiger partial charge on any atom is -0.435 e. The van der Waals surface area contributed by atoms with Crippen LogP contribution in [-0.4, -0.2) is 37.3 Å². The number of Topliss-reactive ketones (excluding diaryl/α,β-unsaturated/α-hetero) is 1. The van der Waals surface area contributed by atoms with E-state index < -0.39 is 6.61 Å². The smallest absolute Gasteiger partial charge is 0.387 e. The maximum absolute atomic E-state index is 13.4. The summed E-state index contributed by atoms with van der Waals surface area (Å²) in [7, 11) is 0. The molecule has 2 heterocycles. The summed E-state index contributed by atoms with van der Waals surface area (Å²) in [5, 5.41) is 9.51. The van der Waals surface area contributed by atoms with E-state index in [9.17, 15) is 18.4 Å². The first kappa shape index (κ1) is 22.7. The first-order chi connectivity index (χ1) is 16.9. The van der Waals surface area contributed by atoms with Crippen molar-refractivity contribution in [2.75, 3.05) is 5.75 Å². The Hall–Kier alpha value is -4.05. The van der Waals surface area contributed by atoms with E-state index in [2.05, 4.69) is 14.9 Å². The van der Waals surface area contributed by atoms with E-state index in [1.807, 2.05) is 43.3 Å². The average Bonchev–Trinajstić information content (AvgIpc) is 3.27. The quantitative estimate of drug-likeness (QED) is 0.237. The van der Waals surface area contributed by atoms with Crippen LogP contribution >= 0.6 is 11.8 Å². The van der Waals surface area contributed by atoms with Crippen LogP contribution in [-0.2, 0) is 0 Å². The zero-order valence-electron chi connectivity index (χ0n) is 18.4. The second-order valence-electron chi connectivity index (χ2n) is 7.68. The van der Waals surface area contributed by atoms with Gasteiger partial charge in [0.25, 0.3) is 5.56 Å². The maximum Gasteiger partial charge on any atom is 0.387 e. The highest BCUT2D eigenvalue weighted by Gasteiger charge is 2.19. The fourth-order valence-corrected chi connectivity index (χ4v) is 4.67. The number of halogens is 2. The van der Waals surface area contributed by atoms with E-state index in [1.54, 1.807) is 16.5 Å². The van der Waals surface area contributed by atoms with Crippen LogP contribution in [0.3, 0.4) is 0 Å². The van der Waals surface area contributed by atoms with Crippen LogP contribution in [0.15, 0.2) is 82.7 Å². The number of benzene rings is 3. The molecule has 0 unspecified atom stereocenters. The standard InChI is InChI=1S/C25H18F2N4O3S/c1-15-6-2-4-8-19(15)30-22(33)18-7-3-5-9-20(18)31-24(30)28-29-25(31)35-14-21(32)16-10-12-17(13-11-16)34-23(26)27/h2-13,23H,14H2,1H3. The van der Waals surface area contributed by atoms with Gasteiger partial charge in [-0.05, 0) is 55.0 Å². The van der Waals surface area contributed by atoms with Crippen LogP contribution in [0.5, 0.6) is 5.75 Å². The lowest BCUT2D eigenvalue weighted by Crippen LogP contribution is -2.22. The predicted octanol–water partition coefficient (Wildman–Crippen LogP) is 4.92. The molecule has 0 saturated carbocycles. The van der Waals surface area contributed by atoms with E-state index in [0.717, 1.165) is 5.56 Å². The third kappa shape index (κ3) is 4.28. The molecule has 35 heavy (non-hydrogen) atoms. The molecular weight excluding hydrogens is 474 g/mol. The Kier molecular flexibility index (Phi) is 6.04. The first-order valence-corrected chi connectivity index (χ1v) is 11.6. The molecule has 5 aromatic rings. The number of alkyl halides is 2. The zero-order chi connectivity index (χ0) is 24.5. The fraction of sp³-hybridized carbons (Fsp3) is 0.120. The molecule has 5 rings (SSSR count). The number of nitrogens with zero attached hydrogens (tertiary/aromatic N) is 4. The number of carbonyl (C=O) groups is 1. The maximum atomic E-state index is 13.4. The van der Waals surface area contributed by atoms with Crippen molar-refractivity contribution in [3.05, 3.63) is 94.3 Å². The Morgan fingerprint density at radius 1 is 1.00 bits per heavy atom. The van der Waals surface area contributed by atoms with Crippen molar-refractivity contribution in [2.24, 2.45) is 0 Å². The van der Waals surface area contributed by atoms with Gasteiger partial charge in [0.15, 0.2) is 10.9 Å². The third-order valence-electron chi connectivity index (χ3n) is 5.48. The van der Waals surface area contributed by atoms with Gasteiger partial charge in [-0.15, -0.1) is 10.2 Å². The van der Waals surface area contributed by atoms with Gasteiger partial charge in [0, 0.05) is 5.56 Å². The van der Waals surface area contributed by atoms with Gasteiger partial charge in [0.1, 0.15) is 5.75 Å². The highest BCUT2D eigenvalue weighted by atomic mass is 32.2. The van der Waals surface area contributed by atoms with Gasteiger partial charge < -0.3 is 4.74 Å². The minimum absolute atomic E-state index is 0.0201. The van der Waals surface area contributed by atoms with Crippen molar-refractivity contribution in [1.29, 1.82) is 0 Å². The van der Waals surface area contributed by atoms with E-state index in [-0.39, 0.29) is 22.8 Å². The van der Waals surface area contributed by atoms with Crippen molar-refractivity contribution in [2.45, 2.75) is 18.7 Å². The summed E-state index contributed by atoms with van der Waals surface area (Å²) in [6.07, 6.45) is 0. The Bertz CT molecular complexity index is 1610. The van der Waals surface area contributed by atoms with E-state index >= 15 is 0 Å². The lowest BCUT2D eigenvalue weighted by Gasteiger charge is -2.13. The third-order valence-corrected chi connectivity index (χ3v) is 6.41. The highest BCUT2D eigenvalue weighted by molar-refractivity contribution is 7.99. The normalized spacial score (nSPS) is 11.4. The van der Waals surface area contributed by atoms with Crippen LogP contribution in [0.4, 0.5) is 8.78 Å². The number of ether oxygens (including phenoxy) is 1. The van der Waals surface area contributed by atoms with Crippen LogP contribution < -0.4 is 10.3 Å². The fourth-order valence-electron chi connectivity index (χ4n) is 3.84. The minimum atomic E-state index is -2.93. The molecule has 0 radical (unpaired) electrons. The van der Waals surface area contributed by atoms with E-state index in [1.165, 1.54) is 40.6 Å². The molecule has 0 amide bonds. The number of para-hydroxylation sites is 2. The van der Waals surface area contributed by atoms with Gasteiger partial charge in [0.2, 0.25) is 5.78 Å². The number of aryl methyl sites for hydroxylation is 1. The van der Waals surface area contributed by atoms with Crippen molar-refractivity contribution >= 4 is 34.2 Å². The number of fused-ring (bicyclic) bond motifs is 3. The molecule has 0 aliphatic rings. The van der Waals surface area contributed by atoms with Crippen LogP contribution in [0.2, 0.25) is 0 Å². The number of ketones is 1. The predicted molar refractivity (Wildman–Crippen MR) is 129 cm³/mol. The molecule has 0 atom stereocenters. The lowest BCUT2D eigenvalue weighted by atomic mass is 10.1. The Balaban J connectivity index is 1.53. The summed E-state index contributed by atoms with van der Waals surface area (Å²) < 4.78 is 32.3.